The maximum Gasteiger partial charge on any atom is 0.262 e. The van der Waals surface area contributed by atoms with Gasteiger partial charge in [0, 0.05) is 31.9 Å². The van der Waals surface area contributed by atoms with Gasteiger partial charge in [0.2, 0.25) is 5.91 Å². The van der Waals surface area contributed by atoms with Gasteiger partial charge in [-0.15, -0.1) is 0 Å². The summed E-state index contributed by atoms with van der Waals surface area (Å²) in [7, 11) is 2.07. The molecule has 7 nitrogen and oxygen atoms in total. The lowest BCUT2D eigenvalue weighted by Gasteiger charge is -2.40. The highest BCUT2D eigenvalue weighted by Crippen LogP contribution is 2.33. The second-order valence-electron chi connectivity index (χ2n) is 9.38. The first-order valence-electron chi connectivity index (χ1n) is 11.9. The van der Waals surface area contributed by atoms with Crippen LogP contribution in [-0.2, 0) is 11.2 Å². The Morgan fingerprint density at radius 3 is 2.50 bits per heavy atom. The molecule has 2 aliphatic heterocycles. The lowest BCUT2D eigenvalue weighted by atomic mass is 9.93. The molecule has 1 fully saturated rings. The van der Waals surface area contributed by atoms with Gasteiger partial charge in [0.05, 0.1) is 23.1 Å². The lowest BCUT2D eigenvalue weighted by Crippen LogP contribution is -2.57. The summed E-state index contributed by atoms with van der Waals surface area (Å²) in [5.41, 5.74) is 5.26. The fourth-order valence-electron chi connectivity index (χ4n) is 5.04. The molecule has 5 rings (SSSR count). The molecule has 1 saturated heterocycles. The Labute approximate surface area is 200 Å². The van der Waals surface area contributed by atoms with Crippen LogP contribution < -0.4 is 4.90 Å². The Balaban J connectivity index is 1.51. The molecule has 176 valence electrons. The van der Waals surface area contributed by atoms with Gasteiger partial charge in [0.25, 0.3) is 5.91 Å². The molecular formula is C27H31N5O2. The summed E-state index contributed by atoms with van der Waals surface area (Å²) in [6, 6.07) is 15.5. The number of carbonyl (C=O) groups is 2. The molecule has 7 heteroatoms. The maximum absolute atomic E-state index is 14.0. The van der Waals surface area contributed by atoms with E-state index in [1.807, 2.05) is 61.2 Å². The molecule has 3 heterocycles. The van der Waals surface area contributed by atoms with Crippen LogP contribution in [0.1, 0.15) is 33.6 Å². The summed E-state index contributed by atoms with van der Waals surface area (Å²) in [5.74, 6) is -0.129. The van der Waals surface area contributed by atoms with Gasteiger partial charge in [-0.2, -0.15) is 5.10 Å². The van der Waals surface area contributed by atoms with Crippen LogP contribution in [0.3, 0.4) is 0 Å². The number of aromatic nitrogens is 2. The van der Waals surface area contributed by atoms with Crippen LogP contribution >= 0.6 is 0 Å². The number of benzene rings is 2. The third-order valence-corrected chi connectivity index (χ3v) is 7.06. The van der Waals surface area contributed by atoms with Gasteiger partial charge in [-0.05, 0) is 63.1 Å². The van der Waals surface area contributed by atoms with Gasteiger partial charge in [-0.25, -0.2) is 4.68 Å². The van der Waals surface area contributed by atoms with Crippen molar-refractivity contribution in [1.82, 2.24) is 19.6 Å². The van der Waals surface area contributed by atoms with Crippen LogP contribution in [0.25, 0.3) is 5.69 Å². The summed E-state index contributed by atoms with van der Waals surface area (Å²) in [5, 5.41) is 4.54. The van der Waals surface area contributed by atoms with E-state index < -0.39 is 6.04 Å². The van der Waals surface area contributed by atoms with E-state index in [9.17, 15) is 9.59 Å². The average Bonchev–Trinajstić information content (AvgIpc) is 3.24. The summed E-state index contributed by atoms with van der Waals surface area (Å²) >= 11 is 0. The van der Waals surface area contributed by atoms with Crippen molar-refractivity contribution in [2.45, 2.75) is 32.7 Å². The van der Waals surface area contributed by atoms with Crippen LogP contribution in [0.4, 0.5) is 5.69 Å². The number of aryl methyl sites for hydroxylation is 2. The number of carbonyl (C=O) groups excluding carboxylic acids is 2. The molecule has 1 unspecified atom stereocenters. The predicted molar refractivity (Wildman–Crippen MR) is 132 cm³/mol. The highest BCUT2D eigenvalue weighted by Gasteiger charge is 2.39. The normalized spacial score (nSPS) is 18.6. The topological polar surface area (TPSA) is 61.7 Å². The van der Waals surface area contributed by atoms with E-state index in [1.54, 1.807) is 15.8 Å². The van der Waals surface area contributed by atoms with Crippen LogP contribution in [0.15, 0.2) is 54.7 Å². The Bertz CT molecular complexity index is 1230. The van der Waals surface area contributed by atoms with E-state index in [0.717, 1.165) is 47.7 Å². The van der Waals surface area contributed by atoms with Crippen LogP contribution in [0, 0.1) is 13.8 Å². The van der Waals surface area contributed by atoms with Gasteiger partial charge < -0.3 is 9.80 Å². The van der Waals surface area contributed by atoms with Crippen LogP contribution in [0.2, 0.25) is 0 Å². The van der Waals surface area contributed by atoms with Crippen molar-refractivity contribution in [3.8, 4) is 5.69 Å². The van der Waals surface area contributed by atoms with Crippen molar-refractivity contribution in [3.05, 3.63) is 77.1 Å². The molecule has 0 aliphatic carbocycles. The van der Waals surface area contributed by atoms with E-state index in [1.165, 1.54) is 0 Å². The van der Waals surface area contributed by atoms with E-state index in [2.05, 4.69) is 23.1 Å². The fourth-order valence-corrected chi connectivity index (χ4v) is 5.04. The number of rotatable bonds is 3. The van der Waals surface area contributed by atoms with E-state index in [4.69, 9.17) is 0 Å². The third-order valence-electron chi connectivity index (χ3n) is 7.06. The molecule has 0 saturated carbocycles. The van der Waals surface area contributed by atoms with Gasteiger partial charge in [-0.1, -0.05) is 30.3 Å². The lowest BCUT2D eigenvalue weighted by molar-refractivity contribution is -0.134. The van der Waals surface area contributed by atoms with Crippen LogP contribution in [-0.4, -0.2) is 70.7 Å². The minimum atomic E-state index is -0.507. The Hall–Kier alpha value is -3.45. The Morgan fingerprint density at radius 2 is 1.74 bits per heavy atom. The molecular weight excluding hydrogens is 426 g/mol. The fraction of sp³-hybridized carbons (Fsp3) is 0.370. The SMILES string of the molecule is Cc1cccc(-n2ncc(C(=O)N3c4ccccc4CCC3C(=O)N3CCN(C)CC3)c2C)c1. The number of anilines is 1. The van der Waals surface area contributed by atoms with Gasteiger partial charge in [-0.3, -0.25) is 14.5 Å². The second-order valence-corrected chi connectivity index (χ2v) is 9.38. The zero-order valence-electron chi connectivity index (χ0n) is 20.1. The summed E-state index contributed by atoms with van der Waals surface area (Å²) in [4.78, 5) is 33.6. The molecule has 1 atom stereocenters. The number of nitrogens with zero attached hydrogens (tertiary/aromatic N) is 5. The molecule has 0 radical (unpaired) electrons. The number of fused-ring (bicyclic) bond motifs is 1. The number of amides is 2. The van der Waals surface area contributed by atoms with Crippen molar-refractivity contribution in [3.63, 3.8) is 0 Å². The number of hydrogen-bond acceptors (Lipinski definition) is 4. The highest BCUT2D eigenvalue weighted by atomic mass is 16.2. The van der Waals surface area contributed by atoms with Crippen molar-refractivity contribution in [1.29, 1.82) is 0 Å². The number of para-hydroxylation sites is 1. The standard InChI is InChI=1S/C27H31N5O2/c1-19-7-6-9-22(17-19)32-20(2)23(18-28-32)26(33)31-24-10-5-4-8-21(24)11-12-25(31)27(34)30-15-13-29(3)14-16-30/h4-10,17-18,25H,11-16H2,1-3H3. The van der Waals surface area contributed by atoms with Crippen molar-refractivity contribution in [2.75, 3.05) is 38.1 Å². The molecule has 0 spiro atoms. The first-order chi connectivity index (χ1) is 16.4. The zero-order chi connectivity index (χ0) is 23.8. The second kappa shape index (κ2) is 9.06. The van der Waals surface area contributed by atoms with E-state index in [-0.39, 0.29) is 11.8 Å². The molecule has 2 aromatic carbocycles. The Kier molecular flexibility index (Phi) is 5.96. The Morgan fingerprint density at radius 1 is 0.971 bits per heavy atom. The first-order valence-corrected chi connectivity index (χ1v) is 11.9. The molecule has 0 N–H and O–H groups in total. The molecule has 34 heavy (non-hydrogen) atoms. The van der Waals surface area contributed by atoms with Gasteiger partial charge in [0.15, 0.2) is 0 Å². The largest absolute Gasteiger partial charge is 0.338 e. The van der Waals surface area contributed by atoms with Crippen molar-refractivity contribution < 1.29 is 9.59 Å². The minimum absolute atomic E-state index is 0.0414. The first kappa shape index (κ1) is 22.3. The molecule has 2 aliphatic rings. The monoisotopic (exact) mass is 457 g/mol. The quantitative estimate of drug-likeness (QED) is 0.606. The number of piperazine rings is 1. The van der Waals surface area contributed by atoms with Crippen LogP contribution in [0.5, 0.6) is 0 Å². The molecule has 1 aromatic heterocycles. The van der Waals surface area contributed by atoms with E-state index in [0.29, 0.717) is 25.1 Å². The van der Waals surface area contributed by atoms with Crippen molar-refractivity contribution in [2.24, 2.45) is 0 Å². The number of likely N-dealkylation sites (N-methyl/N-ethyl adjacent to an activating group) is 1. The molecule has 0 bridgehead atoms. The summed E-state index contributed by atoms with van der Waals surface area (Å²) in [6.45, 7) is 7.04. The summed E-state index contributed by atoms with van der Waals surface area (Å²) in [6.07, 6.45) is 3.04. The van der Waals surface area contributed by atoms with Gasteiger partial charge in [0.1, 0.15) is 6.04 Å². The highest BCUT2D eigenvalue weighted by molar-refractivity contribution is 6.11. The smallest absolute Gasteiger partial charge is 0.262 e. The molecule has 2 amide bonds. The van der Waals surface area contributed by atoms with Gasteiger partial charge >= 0.3 is 0 Å². The number of hydrogen-bond donors (Lipinski definition) is 0. The summed E-state index contributed by atoms with van der Waals surface area (Å²) < 4.78 is 1.80. The zero-order valence-corrected chi connectivity index (χ0v) is 20.1. The predicted octanol–water partition coefficient (Wildman–Crippen LogP) is 3.22. The van der Waals surface area contributed by atoms with Crippen molar-refractivity contribution >= 4 is 17.5 Å². The third kappa shape index (κ3) is 4.01. The minimum Gasteiger partial charge on any atom is -0.338 e. The maximum atomic E-state index is 14.0. The average molecular weight is 458 g/mol. The molecule has 3 aromatic rings. The van der Waals surface area contributed by atoms with E-state index >= 15 is 0 Å².